The van der Waals surface area contributed by atoms with E-state index in [4.69, 9.17) is 9.84 Å². The van der Waals surface area contributed by atoms with Crippen LogP contribution in [0.4, 0.5) is 0 Å². The Morgan fingerprint density at radius 2 is 1.79 bits per heavy atom. The average Bonchev–Trinajstić information content (AvgIpc) is 2.16. The fraction of sp³-hybridized carbons (Fsp3) is 0.500. The Bertz CT molecular complexity index is 264. The summed E-state index contributed by atoms with van der Waals surface area (Å²) in [6.45, 7) is 6.41. The first-order valence-electron chi connectivity index (χ1n) is 5.09. The summed E-state index contributed by atoms with van der Waals surface area (Å²) in [5.74, 6) is 1.60. The second-order valence-corrected chi connectivity index (χ2v) is 3.80. The largest absolute Gasteiger partial charge is 0.508 e. The molecular weight excluding hydrogens is 176 g/mol. The zero-order valence-electron chi connectivity index (χ0n) is 9.03. The highest BCUT2D eigenvalue weighted by atomic mass is 16.5. The van der Waals surface area contributed by atoms with Crippen molar-refractivity contribution in [3.8, 4) is 11.5 Å². The van der Waals surface area contributed by atoms with Crippen molar-refractivity contribution in [2.75, 3.05) is 0 Å². The predicted octanol–water partition coefficient (Wildman–Crippen LogP) is 3.21. The van der Waals surface area contributed by atoms with Crippen LogP contribution in [0, 0.1) is 5.92 Å². The van der Waals surface area contributed by atoms with E-state index in [1.807, 2.05) is 0 Å². The summed E-state index contributed by atoms with van der Waals surface area (Å²) in [6.07, 6.45) is 1.25. The van der Waals surface area contributed by atoms with Crippen molar-refractivity contribution in [3.63, 3.8) is 0 Å². The second-order valence-electron chi connectivity index (χ2n) is 3.80. The number of hydrogen-bond acceptors (Lipinski definition) is 2. The number of hydrogen-bond donors (Lipinski definition) is 1. The molecular formula is C12H18O2. The Labute approximate surface area is 85.5 Å². The van der Waals surface area contributed by atoms with Crippen LogP contribution in [0.15, 0.2) is 24.3 Å². The normalized spacial score (nSPS) is 12.9. The van der Waals surface area contributed by atoms with Crippen LogP contribution in [-0.2, 0) is 0 Å². The highest BCUT2D eigenvalue weighted by Crippen LogP contribution is 2.20. The predicted molar refractivity (Wildman–Crippen MR) is 57.7 cm³/mol. The van der Waals surface area contributed by atoms with Crippen molar-refractivity contribution in [1.82, 2.24) is 0 Å². The van der Waals surface area contributed by atoms with Crippen LogP contribution in [0.3, 0.4) is 0 Å². The van der Waals surface area contributed by atoms with Crippen molar-refractivity contribution in [2.45, 2.75) is 33.3 Å². The molecule has 1 aromatic carbocycles. The minimum absolute atomic E-state index is 0.250. The molecule has 0 aliphatic rings. The van der Waals surface area contributed by atoms with Crippen molar-refractivity contribution in [2.24, 2.45) is 5.92 Å². The molecule has 1 rings (SSSR count). The molecule has 0 saturated carbocycles. The molecule has 1 unspecified atom stereocenters. The molecule has 14 heavy (non-hydrogen) atoms. The van der Waals surface area contributed by atoms with E-state index >= 15 is 0 Å². The van der Waals surface area contributed by atoms with Gasteiger partial charge in [-0.25, -0.2) is 0 Å². The SMILES string of the molecule is CCC(Oc1ccc(O)cc1)C(C)C. The van der Waals surface area contributed by atoms with E-state index < -0.39 is 0 Å². The van der Waals surface area contributed by atoms with Gasteiger partial charge in [0, 0.05) is 0 Å². The van der Waals surface area contributed by atoms with Crippen LogP contribution >= 0.6 is 0 Å². The zero-order valence-corrected chi connectivity index (χ0v) is 9.03. The third-order valence-electron chi connectivity index (χ3n) is 2.27. The molecule has 0 spiro atoms. The Balaban J connectivity index is 2.63. The van der Waals surface area contributed by atoms with Crippen LogP contribution in [0.2, 0.25) is 0 Å². The van der Waals surface area contributed by atoms with Gasteiger partial charge in [-0.1, -0.05) is 20.8 Å². The molecule has 0 aromatic heterocycles. The molecule has 78 valence electrons. The van der Waals surface area contributed by atoms with Crippen molar-refractivity contribution >= 4 is 0 Å². The minimum Gasteiger partial charge on any atom is -0.508 e. The van der Waals surface area contributed by atoms with Crippen molar-refractivity contribution in [3.05, 3.63) is 24.3 Å². The zero-order chi connectivity index (χ0) is 10.6. The summed E-state index contributed by atoms with van der Waals surface area (Å²) >= 11 is 0. The van der Waals surface area contributed by atoms with E-state index in [0.29, 0.717) is 5.92 Å². The van der Waals surface area contributed by atoms with E-state index in [-0.39, 0.29) is 11.9 Å². The Kier molecular flexibility index (Phi) is 3.81. The van der Waals surface area contributed by atoms with Gasteiger partial charge in [0.15, 0.2) is 0 Å². The van der Waals surface area contributed by atoms with Crippen LogP contribution in [0.25, 0.3) is 0 Å². The molecule has 0 saturated heterocycles. The fourth-order valence-electron chi connectivity index (χ4n) is 1.39. The summed E-state index contributed by atoms with van der Waals surface area (Å²) in [6, 6.07) is 6.87. The monoisotopic (exact) mass is 194 g/mol. The quantitative estimate of drug-likeness (QED) is 0.797. The summed E-state index contributed by atoms with van der Waals surface area (Å²) in [5.41, 5.74) is 0. The first-order valence-corrected chi connectivity index (χ1v) is 5.09. The summed E-state index contributed by atoms with van der Waals surface area (Å²) in [5, 5.41) is 9.10. The minimum atomic E-state index is 0.250. The summed E-state index contributed by atoms with van der Waals surface area (Å²) < 4.78 is 5.77. The highest BCUT2D eigenvalue weighted by Gasteiger charge is 2.12. The van der Waals surface area contributed by atoms with Gasteiger partial charge in [-0.3, -0.25) is 0 Å². The van der Waals surface area contributed by atoms with Gasteiger partial charge < -0.3 is 9.84 Å². The molecule has 0 radical (unpaired) electrons. The highest BCUT2D eigenvalue weighted by molar-refractivity contribution is 5.30. The van der Waals surface area contributed by atoms with E-state index in [9.17, 15) is 0 Å². The number of ether oxygens (including phenoxy) is 1. The third kappa shape index (κ3) is 2.95. The van der Waals surface area contributed by atoms with Gasteiger partial charge in [-0.05, 0) is 36.6 Å². The lowest BCUT2D eigenvalue weighted by Crippen LogP contribution is -2.21. The molecule has 2 heteroatoms. The van der Waals surface area contributed by atoms with Crippen LogP contribution in [0.1, 0.15) is 27.2 Å². The molecule has 1 aromatic rings. The maximum absolute atomic E-state index is 9.10. The first-order chi connectivity index (χ1) is 6.63. The Morgan fingerprint density at radius 3 is 2.21 bits per heavy atom. The summed E-state index contributed by atoms with van der Waals surface area (Å²) in [7, 11) is 0. The maximum Gasteiger partial charge on any atom is 0.120 e. The van der Waals surface area contributed by atoms with E-state index in [0.717, 1.165) is 12.2 Å². The number of phenolic OH excluding ortho intramolecular Hbond substituents is 1. The maximum atomic E-state index is 9.10. The van der Waals surface area contributed by atoms with E-state index in [1.54, 1.807) is 24.3 Å². The first kappa shape index (κ1) is 10.9. The number of phenols is 1. The lowest BCUT2D eigenvalue weighted by atomic mass is 10.1. The molecule has 0 aliphatic heterocycles. The smallest absolute Gasteiger partial charge is 0.120 e. The second kappa shape index (κ2) is 4.89. The van der Waals surface area contributed by atoms with Crippen LogP contribution in [0.5, 0.6) is 11.5 Å². The van der Waals surface area contributed by atoms with E-state index in [2.05, 4.69) is 20.8 Å². The van der Waals surface area contributed by atoms with Crippen molar-refractivity contribution < 1.29 is 9.84 Å². The lowest BCUT2D eigenvalue weighted by molar-refractivity contribution is 0.147. The molecule has 0 fully saturated rings. The Hall–Kier alpha value is -1.18. The summed E-state index contributed by atoms with van der Waals surface area (Å²) in [4.78, 5) is 0. The van der Waals surface area contributed by atoms with Gasteiger partial charge in [-0.2, -0.15) is 0 Å². The lowest BCUT2D eigenvalue weighted by Gasteiger charge is -2.20. The number of aromatic hydroxyl groups is 1. The molecule has 0 aliphatic carbocycles. The molecule has 2 nitrogen and oxygen atoms in total. The van der Waals surface area contributed by atoms with Gasteiger partial charge in [-0.15, -0.1) is 0 Å². The number of benzene rings is 1. The van der Waals surface area contributed by atoms with E-state index in [1.165, 1.54) is 0 Å². The number of rotatable bonds is 4. The molecule has 0 amide bonds. The van der Waals surface area contributed by atoms with Crippen LogP contribution < -0.4 is 4.74 Å². The van der Waals surface area contributed by atoms with Gasteiger partial charge in [0.05, 0.1) is 0 Å². The topological polar surface area (TPSA) is 29.5 Å². The van der Waals surface area contributed by atoms with Gasteiger partial charge in [0.25, 0.3) is 0 Å². The van der Waals surface area contributed by atoms with Crippen LogP contribution in [-0.4, -0.2) is 11.2 Å². The Morgan fingerprint density at radius 1 is 1.21 bits per heavy atom. The van der Waals surface area contributed by atoms with Gasteiger partial charge in [0.1, 0.15) is 17.6 Å². The fourth-order valence-corrected chi connectivity index (χ4v) is 1.39. The molecule has 0 bridgehead atoms. The standard InChI is InChI=1S/C12H18O2/c1-4-12(9(2)3)14-11-7-5-10(13)6-8-11/h5-9,12-13H,4H2,1-3H3. The van der Waals surface area contributed by atoms with Crippen molar-refractivity contribution in [1.29, 1.82) is 0 Å². The average molecular weight is 194 g/mol. The van der Waals surface area contributed by atoms with Gasteiger partial charge in [0.2, 0.25) is 0 Å². The van der Waals surface area contributed by atoms with Gasteiger partial charge >= 0.3 is 0 Å². The third-order valence-corrected chi connectivity index (χ3v) is 2.27. The molecule has 1 N–H and O–H groups in total. The molecule has 0 heterocycles. The molecule has 1 atom stereocenters.